The molecule has 3 N–H and O–H groups in total. The number of hydrogen-bond donors (Lipinski definition) is 2. The monoisotopic (exact) mass is 186 g/mol. The van der Waals surface area contributed by atoms with E-state index in [-0.39, 0.29) is 12.2 Å². The number of halogens is 1. The Balaban J connectivity index is 2.97. The van der Waals surface area contributed by atoms with Crippen LogP contribution in [0, 0.1) is 0 Å². The van der Waals surface area contributed by atoms with Gasteiger partial charge >= 0.3 is 5.97 Å². The van der Waals surface area contributed by atoms with E-state index in [4.69, 9.17) is 22.4 Å². The second-order valence-electron chi connectivity index (χ2n) is 2.27. The van der Waals surface area contributed by atoms with Crippen LogP contribution in [0.25, 0.3) is 0 Å². The highest BCUT2D eigenvalue weighted by atomic mass is 35.5. The normalized spacial score (nSPS) is 9.75. The molecule has 0 amide bonds. The maximum absolute atomic E-state index is 10.3. The lowest BCUT2D eigenvalue weighted by atomic mass is 10.2. The van der Waals surface area contributed by atoms with Gasteiger partial charge in [-0.3, -0.25) is 4.79 Å². The first-order chi connectivity index (χ1) is 5.59. The number of nitrogens with two attached hydrogens (primary N) is 1. The predicted octanol–water partition coefficient (Wildman–Crippen LogP) is 0.944. The highest BCUT2D eigenvalue weighted by Crippen LogP contribution is 2.14. The standard InChI is InChI=1S/C7H7ClN2O2/c8-5-1-4(2-6(11)12)7(9)10-3-5/h1,3H,2H2,(H2,9,10)(H,11,12). The van der Waals surface area contributed by atoms with Crippen molar-refractivity contribution in [1.29, 1.82) is 0 Å². The average Bonchev–Trinajstić information content (AvgIpc) is 1.96. The SMILES string of the molecule is Nc1ncc(Cl)cc1CC(=O)O. The van der Waals surface area contributed by atoms with Gasteiger partial charge in [0.15, 0.2) is 0 Å². The van der Waals surface area contributed by atoms with Crippen LogP contribution in [0.15, 0.2) is 12.3 Å². The van der Waals surface area contributed by atoms with E-state index in [2.05, 4.69) is 4.98 Å². The van der Waals surface area contributed by atoms with Gasteiger partial charge in [-0.2, -0.15) is 0 Å². The fraction of sp³-hybridized carbons (Fsp3) is 0.143. The molecular weight excluding hydrogens is 180 g/mol. The summed E-state index contributed by atoms with van der Waals surface area (Å²) < 4.78 is 0. The molecule has 12 heavy (non-hydrogen) atoms. The molecule has 0 aliphatic carbocycles. The van der Waals surface area contributed by atoms with Gasteiger partial charge in [-0.25, -0.2) is 4.98 Å². The number of aromatic nitrogens is 1. The summed E-state index contributed by atoms with van der Waals surface area (Å²) in [6.07, 6.45) is 1.22. The van der Waals surface area contributed by atoms with Crippen molar-refractivity contribution in [2.45, 2.75) is 6.42 Å². The van der Waals surface area contributed by atoms with E-state index in [1.54, 1.807) is 0 Å². The van der Waals surface area contributed by atoms with Gasteiger partial charge in [-0.1, -0.05) is 11.6 Å². The number of pyridine rings is 1. The highest BCUT2D eigenvalue weighted by Gasteiger charge is 2.05. The van der Waals surface area contributed by atoms with Crippen molar-refractivity contribution in [3.05, 3.63) is 22.8 Å². The molecule has 5 heteroatoms. The highest BCUT2D eigenvalue weighted by molar-refractivity contribution is 6.30. The van der Waals surface area contributed by atoms with Gasteiger partial charge in [0.2, 0.25) is 0 Å². The number of anilines is 1. The Labute approximate surface area is 74.0 Å². The number of aliphatic carboxylic acids is 1. The minimum atomic E-state index is -0.953. The van der Waals surface area contributed by atoms with Crippen molar-refractivity contribution >= 4 is 23.4 Å². The lowest BCUT2D eigenvalue weighted by molar-refractivity contribution is -0.136. The molecular formula is C7H7ClN2O2. The van der Waals surface area contributed by atoms with Crippen LogP contribution in [0.1, 0.15) is 5.56 Å². The van der Waals surface area contributed by atoms with Crippen LogP contribution in [0.4, 0.5) is 5.82 Å². The molecule has 4 nitrogen and oxygen atoms in total. The molecule has 0 radical (unpaired) electrons. The lowest BCUT2D eigenvalue weighted by Crippen LogP contribution is -2.04. The summed E-state index contributed by atoms with van der Waals surface area (Å²) in [6.45, 7) is 0. The number of carboxylic acids is 1. The second-order valence-corrected chi connectivity index (χ2v) is 2.70. The first-order valence-corrected chi connectivity index (χ1v) is 3.59. The zero-order chi connectivity index (χ0) is 9.14. The fourth-order valence-electron chi connectivity index (χ4n) is 0.796. The summed E-state index contributed by atoms with van der Waals surface area (Å²) in [4.78, 5) is 14.0. The maximum Gasteiger partial charge on any atom is 0.307 e. The summed E-state index contributed by atoms with van der Waals surface area (Å²) >= 11 is 5.59. The van der Waals surface area contributed by atoms with Crippen LogP contribution in [0.2, 0.25) is 5.02 Å². The van der Waals surface area contributed by atoms with E-state index in [0.29, 0.717) is 10.6 Å². The number of nitrogen functional groups attached to an aromatic ring is 1. The second kappa shape index (κ2) is 3.40. The van der Waals surface area contributed by atoms with E-state index >= 15 is 0 Å². The number of nitrogens with zero attached hydrogens (tertiary/aromatic N) is 1. The number of carbonyl (C=O) groups is 1. The predicted molar refractivity (Wildman–Crippen MR) is 45.0 cm³/mol. The molecule has 1 aromatic heterocycles. The number of carboxylic acid groups (broad SMARTS) is 1. The Bertz CT molecular complexity index is 314. The topological polar surface area (TPSA) is 76.2 Å². The molecule has 0 spiro atoms. The van der Waals surface area contributed by atoms with Crippen molar-refractivity contribution in [2.75, 3.05) is 5.73 Å². The Morgan fingerprint density at radius 1 is 1.75 bits per heavy atom. The molecule has 1 rings (SSSR count). The Morgan fingerprint density at radius 2 is 2.42 bits per heavy atom. The Kier molecular flexibility index (Phi) is 2.50. The van der Waals surface area contributed by atoms with Gasteiger partial charge in [0.25, 0.3) is 0 Å². The van der Waals surface area contributed by atoms with Crippen LogP contribution in [0.5, 0.6) is 0 Å². The molecule has 64 valence electrons. The summed E-state index contributed by atoms with van der Waals surface area (Å²) in [6, 6.07) is 1.50. The fourth-order valence-corrected chi connectivity index (χ4v) is 0.977. The first kappa shape index (κ1) is 8.80. The molecule has 0 saturated heterocycles. The summed E-state index contributed by atoms with van der Waals surface area (Å²) in [5, 5.41) is 8.85. The average molecular weight is 187 g/mol. The van der Waals surface area contributed by atoms with Crippen molar-refractivity contribution in [1.82, 2.24) is 4.98 Å². The molecule has 0 aromatic carbocycles. The Hall–Kier alpha value is -1.29. The smallest absolute Gasteiger partial charge is 0.307 e. The Morgan fingerprint density at radius 3 is 3.00 bits per heavy atom. The van der Waals surface area contributed by atoms with Crippen molar-refractivity contribution < 1.29 is 9.90 Å². The van der Waals surface area contributed by atoms with Gasteiger partial charge < -0.3 is 10.8 Å². The molecule has 0 fully saturated rings. The summed E-state index contributed by atoms with van der Waals surface area (Å²) in [5.74, 6) is -0.743. The molecule has 0 atom stereocenters. The van der Waals surface area contributed by atoms with Gasteiger partial charge in [0, 0.05) is 11.8 Å². The summed E-state index contributed by atoms with van der Waals surface area (Å²) in [5.41, 5.74) is 5.84. The maximum atomic E-state index is 10.3. The van der Waals surface area contributed by atoms with Crippen LogP contribution in [-0.2, 0) is 11.2 Å². The van der Waals surface area contributed by atoms with Crippen molar-refractivity contribution in [3.8, 4) is 0 Å². The molecule has 1 aromatic rings. The van der Waals surface area contributed by atoms with Crippen LogP contribution in [0.3, 0.4) is 0 Å². The zero-order valence-electron chi connectivity index (χ0n) is 6.12. The first-order valence-electron chi connectivity index (χ1n) is 3.21. The summed E-state index contributed by atoms with van der Waals surface area (Å²) in [7, 11) is 0. The van der Waals surface area contributed by atoms with Gasteiger partial charge in [-0.05, 0) is 6.07 Å². The van der Waals surface area contributed by atoms with Gasteiger partial charge in [-0.15, -0.1) is 0 Å². The molecule has 0 unspecified atom stereocenters. The number of hydrogen-bond acceptors (Lipinski definition) is 3. The minimum absolute atomic E-state index is 0.153. The largest absolute Gasteiger partial charge is 0.481 e. The quantitative estimate of drug-likeness (QED) is 0.721. The van der Waals surface area contributed by atoms with Crippen LogP contribution < -0.4 is 5.73 Å². The zero-order valence-corrected chi connectivity index (χ0v) is 6.88. The van der Waals surface area contributed by atoms with Gasteiger partial charge in [0.05, 0.1) is 11.4 Å². The van der Waals surface area contributed by atoms with Crippen molar-refractivity contribution in [2.24, 2.45) is 0 Å². The molecule has 0 aliphatic heterocycles. The van der Waals surface area contributed by atoms with Gasteiger partial charge in [0.1, 0.15) is 5.82 Å². The van der Waals surface area contributed by atoms with E-state index < -0.39 is 5.97 Å². The van der Waals surface area contributed by atoms with Crippen LogP contribution in [-0.4, -0.2) is 16.1 Å². The molecule has 0 saturated carbocycles. The third-order valence-corrected chi connectivity index (χ3v) is 1.52. The third-order valence-electron chi connectivity index (χ3n) is 1.31. The van der Waals surface area contributed by atoms with E-state index in [0.717, 1.165) is 0 Å². The van der Waals surface area contributed by atoms with E-state index in [9.17, 15) is 4.79 Å². The number of rotatable bonds is 2. The van der Waals surface area contributed by atoms with Crippen molar-refractivity contribution in [3.63, 3.8) is 0 Å². The molecule has 0 aliphatic rings. The van der Waals surface area contributed by atoms with Crippen LogP contribution >= 0.6 is 11.6 Å². The minimum Gasteiger partial charge on any atom is -0.481 e. The van der Waals surface area contributed by atoms with E-state index in [1.807, 2.05) is 0 Å². The van der Waals surface area contributed by atoms with E-state index in [1.165, 1.54) is 12.3 Å². The molecule has 0 bridgehead atoms. The molecule has 1 heterocycles. The third kappa shape index (κ3) is 2.10. The lowest BCUT2D eigenvalue weighted by Gasteiger charge is -2.00.